The van der Waals surface area contributed by atoms with Gasteiger partial charge in [-0.1, -0.05) is 11.6 Å². The second-order valence-electron chi connectivity index (χ2n) is 4.94. The second kappa shape index (κ2) is 5.59. The minimum atomic E-state index is -0.339. The molecule has 1 fully saturated rings. The van der Waals surface area contributed by atoms with Crippen LogP contribution >= 0.6 is 22.9 Å². The van der Waals surface area contributed by atoms with Gasteiger partial charge < -0.3 is 10.0 Å². The maximum absolute atomic E-state index is 12.3. The van der Waals surface area contributed by atoms with E-state index in [0.29, 0.717) is 10.9 Å². The van der Waals surface area contributed by atoms with Crippen molar-refractivity contribution in [3.63, 3.8) is 0 Å². The van der Waals surface area contributed by atoms with Crippen LogP contribution in [-0.2, 0) is 4.79 Å². The number of carbonyl (C=O) groups is 1. The van der Waals surface area contributed by atoms with Crippen LogP contribution in [0.2, 0.25) is 4.34 Å². The number of nitrogens with zero attached hydrogens (tertiary/aromatic N) is 1. The molecule has 5 heteroatoms. The normalized spacial score (nSPS) is 23.1. The Morgan fingerprint density at radius 1 is 1.56 bits per heavy atom. The number of likely N-dealkylation sites (tertiary alicyclic amines) is 1. The van der Waals surface area contributed by atoms with Gasteiger partial charge in [-0.2, -0.15) is 0 Å². The van der Waals surface area contributed by atoms with Crippen LogP contribution in [0.1, 0.15) is 31.1 Å². The van der Waals surface area contributed by atoms with E-state index in [9.17, 15) is 9.90 Å². The predicted octanol–water partition coefficient (Wildman–Crippen LogP) is 2.73. The average Bonchev–Trinajstić information content (AvgIpc) is 2.95. The molecule has 3 unspecified atom stereocenters. The third-order valence-electron chi connectivity index (χ3n) is 3.61. The highest BCUT2D eigenvalue weighted by molar-refractivity contribution is 7.16. The first-order valence-electron chi connectivity index (χ1n) is 6.21. The standard InChI is InChI=1S/C13H18ClNO2S/c1-8(11-3-4-12(14)18-11)13(17)15-6-5-10(7-15)9(2)16/h3-4,8-10,16H,5-7H2,1-2H3. The zero-order chi connectivity index (χ0) is 13.3. The molecule has 1 N–H and O–H groups in total. The minimum Gasteiger partial charge on any atom is -0.393 e. The summed E-state index contributed by atoms with van der Waals surface area (Å²) < 4.78 is 0.716. The van der Waals surface area contributed by atoms with Crippen molar-refractivity contribution in [2.45, 2.75) is 32.3 Å². The van der Waals surface area contributed by atoms with E-state index in [1.165, 1.54) is 11.3 Å². The summed E-state index contributed by atoms with van der Waals surface area (Å²) in [5.41, 5.74) is 0. The molecule has 0 bridgehead atoms. The number of hydrogen-bond acceptors (Lipinski definition) is 3. The molecule has 1 aliphatic heterocycles. The number of hydrogen-bond donors (Lipinski definition) is 1. The van der Waals surface area contributed by atoms with Crippen molar-refractivity contribution in [1.82, 2.24) is 4.90 Å². The van der Waals surface area contributed by atoms with Crippen molar-refractivity contribution in [2.24, 2.45) is 5.92 Å². The monoisotopic (exact) mass is 287 g/mol. The van der Waals surface area contributed by atoms with E-state index in [4.69, 9.17) is 11.6 Å². The van der Waals surface area contributed by atoms with Crippen molar-refractivity contribution >= 4 is 28.8 Å². The number of amides is 1. The fraction of sp³-hybridized carbons (Fsp3) is 0.615. The van der Waals surface area contributed by atoms with Gasteiger partial charge in [-0.05, 0) is 32.4 Å². The van der Waals surface area contributed by atoms with Gasteiger partial charge in [0.05, 0.1) is 16.4 Å². The molecule has 2 rings (SSSR count). The molecular weight excluding hydrogens is 270 g/mol. The molecule has 100 valence electrons. The van der Waals surface area contributed by atoms with Crippen LogP contribution in [0, 0.1) is 5.92 Å². The van der Waals surface area contributed by atoms with Crippen LogP contribution in [0.15, 0.2) is 12.1 Å². The molecule has 1 aliphatic rings. The summed E-state index contributed by atoms with van der Waals surface area (Å²) in [5.74, 6) is 0.208. The Kier molecular flexibility index (Phi) is 4.30. The van der Waals surface area contributed by atoms with Crippen molar-refractivity contribution in [3.8, 4) is 0 Å². The van der Waals surface area contributed by atoms with Gasteiger partial charge in [-0.25, -0.2) is 0 Å². The highest BCUT2D eigenvalue weighted by atomic mass is 35.5. The summed E-state index contributed by atoms with van der Waals surface area (Å²) in [7, 11) is 0. The Bertz CT molecular complexity index is 432. The first kappa shape index (κ1) is 13.8. The van der Waals surface area contributed by atoms with Crippen LogP contribution in [0.3, 0.4) is 0 Å². The summed E-state index contributed by atoms with van der Waals surface area (Å²) in [5, 5.41) is 9.56. The quantitative estimate of drug-likeness (QED) is 0.929. The summed E-state index contributed by atoms with van der Waals surface area (Å²) >= 11 is 7.35. The van der Waals surface area contributed by atoms with Crippen molar-refractivity contribution in [2.75, 3.05) is 13.1 Å². The molecule has 0 saturated carbocycles. The smallest absolute Gasteiger partial charge is 0.230 e. The Morgan fingerprint density at radius 2 is 2.28 bits per heavy atom. The number of halogens is 1. The zero-order valence-electron chi connectivity index (χ0n) is 10.6. The summed E-state index contributed by atoms with van der Waals surface area (Å²) in [6.07, 6.45) is 0.552. The minimum absolute atomic E-state index is 0.136. The van der Waals surface area contributed by atoms with Crippen LogP contribution in [0.25, 0.3) is 0 Å². The number of aliphatic hydroxyl groups is 1. The molecule has 1 amide bonds. The molecule has 1 saturated heterocycles. The van der Waals surface area contributed by atoms with E-state index in [1.54, 1.807) is 6.92 Å². The SMILES string of the molecule is CC(C(=O)N1CCC(C(C)O)C1)c1ccc(Cl)s1. The van der Waals surface area contributed by atoms with Gasteiger partial charge in [0.25, 0.3) is 0 Å². The van der Waals surface area contributed by atoms with E-state index in [2.05, 4.69) is 0 Å². The number of carbonyl (C=O) groups excluding carboxylic acids is 1. The predicted molar refractivity (Wildman–Crippen MR) is 74.1 cm³/mol. The largest absolute Gasteiger partial charge is 0.393 e. The first-order valence-corrected chi connectivity index (χ1v) is 7.40. The Hall–Kier alpha value is -0.580. The third-order valence-corrected chi connectivity index (χ3v) is 5.02. The van der Waals surface area contributed by atoms with E-state index < -0.39 is 0 Å². The third kappa shape index (κ3) is 2.87. The van der Waals surface area contributed by atoms with Gasteiger partial charge in [0, 0.05) is 23.9 Å². The molecule has 0 spiro atoms. The van der Waals surface area contributed by atoms with Crippen molar-refractivity contribution < 1.29 is 9.90 Å². The molecule has 3 nitrogen and oxygen atoms in total. The van der Waals surface area contributed by atoms with Crippen molar-refractivity contribution in [3.05, 3.63) is 21.3 Å². The highest BCUT2D eigenvalue weighted by Crippen LogP contribution is 2.31. The van der Waals surface area contributed by atoms with Crippen LogP contribution in [0.5, 0.6) is 0 Å². The Balaban J connectivity index is 2.00. The lowest BCUT2D eigenvalue weighted by Gasteiger charge is -2.21. The lowest BCUT2D eigenvalue weighted by Crippen LogP contribution is -2.33. The molecule has 0 aromatic carbocycles. The van der Waals surface area contributed by atoms with E-state index in [-0.39, 0.29) is 23.8 Å². The van der Waals surface area contributed by atoms with Gasteiger partial charge in [-0.15, -0.1) is 11.3 Å². The average molecular weight is 288 g/mol. The molecule has 1 aromatic heterocycles. The maximum atomic E-state index is 12.3. The number of rotatable bonds is 3. The topological polar surface area (TPSA) is 40.5 Å². The molecule has 1 aromatic rings. The first-order chi connectivity index (χ1) is 8.49. The molecule has 2 heterocycles. The summed E-state index contributed by atoms with van der Waals surface area (Å²) in [4.78, 5) is 15.2. The van der Waals surface area contributed by atoms with Gasteiger partial charge in [0.2, 0.25) is 5.91 Å². The second-order valence-corrected chi connectivity index (χ2v) is 6.68. The lowest BCUT2D eigenvalue weighted by atomic mass is 10.0. The zero-order valence-corrected chi connectivity index (χ0v) is 12.2. The van der Waals surface area contributed by atoms with Gasteiger partial charge >= 0.3 is 0 Å². The van der Waals surface area contributed by atoms with E-state index >= 15 is 0 Å². The molecule has 3 atom stereocenters. The maximum Gasteiger partial charge on any atom is 0.230 e. The number of thiophene rings is 1. The van der Waals surface area contributed by atoms with Crippen LogP contribution in [-0.4, -0.2) is 35.1 Å². The van der Waals surface area contributed by atoms with Gasteiger partial charge in [0.15, 0.2) is 0 Å². The fourth-order valence-electron chi connectivity index (χ4n) is 2.34. The van der Waals surface area contributed by atoms with E-state index in [0.717, 1.165) is 17.8 Å². The number of aliphatic hydroxyl groups excluding tert-OH is 1. The molecule has 18 heavy (non-hydrogen) atoms. The molecular formula is C13H18ClNO2S. The van der Waals surface area contributed by atoms with Gasteiger partial charge in [-0.3, -0.25) is 4.79 Å². The Labute approximate surface area is 116 Å². The molecule has 0 radical (unpaired) electrons. The Morgan fingerprint density at radius 3 is 2.78 bits per heavy atom. The van der Waals surface area contributed by atoms with Crippen LogP contribution < -0.4 is 0 Å². The highest BCUT2D eigenvalue weighted by Gasteiger charge is 2.31. The lowest BCUT2D eigenvalue weighted by molar-refractivity contribution is -0.131. The molecule has 0 aliphatic carbocycles. The summed E-state index contributed by atoms with van der Waals surface area (Å²) in [6.45, 7) is 5.12. The van der Waals surface area contributed by atoms with Crippen LogP contribution in [0.4, 0.5) is 0 Å². The summed E-state index contributed by atoms with van der Waals surface area (Å²) in [6, 6.07) is 3.74. The fourth-order valence-corrected chi connectivity index (χ4v) is 3.44. The van der Waals surface area contributed by atoms with E-state index in [1.807, 2.05) is 24.0 Å². The van der Waals surface area contributed by atoms with Gasteiger partial charge in [0.1, 0.15) is 0 Å². The van der Waals surface area contributed by atoms with Crippen molar-refractivity contribution in [1.29, 1.82) is 0 Å².